The second-order valence-electron chi connectivity index (χ2n) is 7.54. The van der Waals surface area contributed by atoms with Crippen molar-refractivity contribution >= 4 is 17.4 Å². The van der Waals surface area contributed by atoms with Crippen LogP contribution in [-0.2, 0) is 11.0 Å². The number of hydrogen-bond donors (Lipinski definition) is 0. The Morgan fingerprint density at radius 3 is 2.73 bits per heavy atom. The summed E-state index contributed by atoms with van der Waals surface area (Å²) >= 11 is 0. The van der Waals surface area contributed by atoms with Crippen molar-refractivity contribution in [3.8, 4) is 11.5 Å². The first kappa shape index (κ1) is 20.1. The minimum atomic E-state index is -4.46. The van der Waals surface area contributed by atoms with Crippen LogP contribution in [-0.4, -0.2) is 57.3 Å². The number of aromatic nitrogens is 4. The Balaban J connectivity index is 1.66. The first-order valence-electron chi connectivity index (χ1n) is 9.58. The van der Waals surface area contributed by atoms with E-state index in [-0.39, 0.29) is 17.6 Å². The Bertz CT molecular complexity index is 1080. The van der Waals surface area contributed by atoms with Crippen LogP contribution in [0.4, 0.5) is 19.0 Å². The molecule has 1 unspecified atom stereocenters. The van der Waals surface area contributed by atoms with Crippen LogP contribution in [0, 0.1) is 5.92 Å². The lowest BCUT2D eigenvalue weighted by Crippen LogP contribution is -2.43. The highest BCUT2D eigenvalue weighted by atomic mass is 19.4. The minimum Gasteiger partial charge on any atom is -0.356 e. The van der Waals surface area contributed by atoms with Crippen LogP contribution < -0.4 is 4.90 Å². The zero-order valence-corrected chi connectivity index (χ0v) is 16.6. The van der Waals surface area contributed by atoms with E-state index in [4.69, 9.17) is 0 Å². The lowest BCUT2D eigenvalue weighted by Gasteiger charge is -2.34. The highest BCUT2D eigenvalue weighted by Crippen LogP contribution is 2.31. The summed E-state index contributed by atoms with van der Waals surface area (Å²) < 4.78 is 40.7. The Morgan fingerprint density at radius 1 is 1.20 bits per heavy atom. The quantitative estimate of drug-likeness (QED) is 0.654. The van der Waals surface area contributed by atoms with Crippen LogP contribution in [0.25, 0.3) is 17.2 Å². The lowest BCUT2D eigenvalue weighted by atomic mass is 9.97. The third-order valence-electron chi connectivity index (χ3n) is 5.24. The maximum atomic E-state index is 13.1. The molecular weight excluding hydrogens is 397 g/mol. The van der Waals surface area contributed by atoms with Crippen LogP contribution >= 0.6 is 0 Å². The summed E-state index contributed by atoms with van der Waals surface area (Å²) in [5, 5.41) is 0. The third kappa shape index (κ3) is 3.81. The molecule has 0 bridgehead atoms. The summed E-state index contributed by atoms with van der Waals surface area (Å²) in [7, 11) is 3.48. The van der Waals surface area contributed by atoms with Crippen molar-refractivity contribution < 1.29 is 18.0 Å². The molecule has 1 aliphatic rings. The van der Waals surface area contributed by atoms with Gasteiger partial charge < -0.3 is 9.80 Å². The van der Waals surface area contributed by atoms with E-state index >= 15 is 0 Å². The average Bonchev–Trinajstić information content (AvgIpc) is 3.16. The highest BCUT2D eigenvalue weighted by molar-refractivity contribution is 5.79. The van der Waals surface area contributed by atoms with Crippen molar-refractivity contribution in [2.75, 3.05) is 32.1 Å². The second-order valence-corrected chi connectivity index (χ2v) is 7.54. The Kier molecular flexibility index (Phi) is 5.08. The van der Waals surface area contributed by atoms with E-state index < -0.39 is 11.7 Å². The van der Waals surface area contributed by atoms with Gasteiger partial charge in [-0.05, 0) is 31.0 Å². The third-order valence-corrected chi connectivity index (χ3v) is 5.24. The number of anilines is 1. The Labute approximate surface area is 171 Å². The van der Waals surface area contributed by atoms with E-state index in [0.717, 1.165) is 31.6 Å². The molecule has 10 heteroatoms. The van der Waals surface area contributed by atoms with Crippen LogP contribution in [0.1, 0.15) is 18.4 Å². The van der Waals surface area contributed by atoms with Gasteiger partial charge in [-0.2, -0.15) is 13.2 Å². The van der Waals surface area contributed by atoms with Crippen LogP contribution in [0.5, 0.6) is 0 Å². The van der Waals surface area contributed by atoms with E-state index in [1.165, 1.54) is 16.7 Å². The fourth-order valence-corrected chi connectivity index (χ4v) is 3.71. The molecule has 0 spiro atoms. The number of fused-ring (bicyclic) bond motifs is 1. The number of piperidine rings is 1. The molecule has 30 heavy (non-hydrogen) atoms. The largest absolute Gasteiger partial charge is 0.417 e. The van der Waals surface area contributed by atoms with Gasteiger partial charge in [0.15, 0.2) is 5.82 Å². The molecule has 0 aromatic carbocycles. The van der Waals surface area contributed by atoms with Gasteiger partial charge >= 0.3 is 6.18 Å². The normalized spacial score (nSPS) is 17.4. The summed E-state index contributed by atoms with van der Waals surface area (Å²) in [6.45, 7) is 1.29. The van der Waals surface area contributed by atoms with Gasteiger partial charge in [-0.3, -0.25) is 9.20 Å². The minimum absolute atomic E-state index is 0.0791. The molecule has 158 valence electrons. The van der Waals surface area contributed by atoms with Gasteiger partial charge in [-0.15, -0.1) is 0 Å². The zero-order chi connectivity index (χ0) is 21.5. The van der Waals surface area contributed by atoms with E-state index in [1.54, 1.807) is 31.3 Å². The molecule has 0 aliphatic carbocycles. The topological polar surface area (TPSA) is 66.6 Å². The standard InChI is InChI=1S/C20H21F3N6O/c1-27(2)19(30)13-4-3-9-28(11-13)17-7-8-24-18(26-17)15-10-25-16-6-5-14(12-29(15)16)20(21,22)23/h5-8,10,12-13H,3-4,9,11H2,1-2H3. The van der Waals surface area contributed by atoms with Gasteiger partial charge in [0.05, 0.1) is 17.7 Å². The predicted octanol–water partition coefficient (Wildman–Crippen LogP) is 3.11. The van der Waals surface area contributed by atoms with Crippen molar-refractivity contribution in [2.45, 2.75) is 19.0 Å². The molecule has 1 atom stereocenters. The predicted molar refractivity (Wildman–Crippen MR) is 105 cm³/mol. The van der Waals surface area contributed by atoms with Crippen LogP contribution in [0.2, 0.25) is 0 Å². The van der Waals surface area contributed by atoms with E-state index in [0.29, 0.717) is 23.7 Å². The fraction of sp³-hybridized carbons (Fsp3) is 0.400. The molecular formula is C20H21F3N6O. The van der Waals surface area contributed by atoms with Gasteiger partial charge in [0.25, 0.3) is 0 Å². The maximum absolute atomic E-state index is 13.1. The Morgan fingerprint density at radius 2 is 2.00 bits per heavy atom. The summed E-state index contributed by atoms with van der Waals surface area (Å²) in [4.78, 5) is 28.9. The van der Waals surface area contributed by atoms with Crippen molar-refractivity contribution in [3.05, 3.63) is 42.4 Å². The van der Waals surface area contributed by atoms with Gasteiger partial charge in [-0.1, -0.05) is 0 Å². The van der Waals surface area contributed by atoms with Crippen molar-refractivity contribution in [3.63, 3.8) is 0 Å². The number of pyridine rings is 1. The van der Waals surface area contributed by atoms with Gasteiger partial charge in [0.1, 0.15) is 17.2 Å². The first-order valence-corrected chi connectivity index (χ1v) is 9.58. The molecule has 0 radical (unpaired) electrons. The molecule has 1 fully saturated rings. The molecule has 3 aromatic rings. The molecule has 0 saturated carbocycles. The van der Waals surface area contributed by atoms with Crippen molar-refractivity contribution in [2.24, 2.45) is 5.92 Å². The van der Waals surface area contributed by atoms with E-state index in [1.807, 2.05) is 4.90 Å². The van der Waals surface area contributed by atoms with E-state index in [2.05, 4.69) is 15.0 Å². The molecule has 0 N–H and O–H groups in total. The zero-order valence-electron chi connectivity index (χ0n) is 16.6. The van der Waals surface area contributed by atoms with Gasteiger partial charge in [0, 0.05) is 39.6 Å². The lowest BCUT2D eigenvalue weighted by molar-refractivity contribution is -0.138. The first-order chi connectivity index (χ1) is 14.2. The number of amides is 1. The molecule has 1 aliphatic heterocycles. The fourth-order valence-electron chi connectivity index (χ4n) is 3.71. The number of halogens is 3. The number of hydrogen-bond acceptors (Lipinski definition) is 5. The summed E-state index contributed by atoms with van der Waals surface area (Å²) in [5.74, 6) is 0.881. The van der Waals surface area contributed by atoms with Crippen molar-refractivity contribution in [1.29, 1.82) is 0 Å². The Hall–Kier alpha value is -3.17. The number of carbonyl (C=O) groups excluding carboxylic acids is 1. The number of carbonyl (C=O) groups is 1. The molecule has 4 heterocycles. The number of nitrogens with zero attached hydrogens (tertiary/aromatic N) is 6. The number of rotatable bonds is 3. The second kappa shape index (κ2) is 7.58. The summed E-state index contributed by atoms with van der Waals surface area (Å²) in [5.41, 5.74) is -0.0241. The van der Waals surface area contributed by atoms with Crippen LogP contribution in [0.15, 0.2) is 36.8 Å². The average molecular weight is 418 g/mol. The van der Waals surface area contributed by atoms with Crippen molar-refractivity contribution in [1.82, 2.24) is 24.3 Å². The van der Waals surface area contributed by atoms with Crippen LogP contribution in [0.3, 0.4) is 0 Å². The summed E-state index contributed by atoms with van der Waals surface area (Å²) in [6, 6.07) is 4.06. The van der Waals surface area contributed by atoms with E-state index in [9.17, 15) is 18.0 Å². The molecule has 4 rings (SSSR count). The molecule has 7 nitrogen and oxygen atoms in total. The van der Waals surface area contributed by atoms with Gasteiger partial charge in [-0.25, -0.2) is 15.0 Å². The number of imidazole rings is 1. The molecule has 1 amide bonds. The molecule has 3 aromatic heterocycles. The van der Waals surface area contributed by atoms with Gasteiger partial charge in [0.2, 0.25) is 5.91 Å². The monoisotopic (exact) mass is 418 g/mol. The highest BCUT2D eigenvalue weighted by Gasteiger charge is 2.31. The summed E-state index contributed by atoms with van der Waals surface area (Å²) in [6.07, 6.45) is 1.25. The smallest absolute Gasteiger partial charge is 0.356 e. The molecule has 1 saturated heterocycles. The number of alkyl halides is 3. The SMILES string of the molecule is CN(C)C(=O)C1CCCN(c2ccnc(-c3cnc4ccc(C(F)(F)F)cn34)n2)C1. The maximum Gasteiger partial charge on any atom is 0.417 e.